The van der Waals surface area contributed by atoms with Crippen LogP contribution in [0.2, 0.25) is 5.02 Å². The number of allylic oxidation sites excluding steroid dienone is 3. The van der Waals surface area contributed by atoms with Crippen molar-refractivity contribution < 1.29 is 9.72 Å². The Balaban J connectivity index is 1.65. The van der Waals surface area contributed by atoms with E-state index in [1.54, 1.807) is 22.7 Å². The molecule has 0 amide bonds. The fourth-order valence-corrected chi connectivity index (χ4v) is 7.01. The average Bonchev–Trinajstić information content (AvgIpc) is 2.93. The van der Waals surface area contributed by atoms with E-state index in [1.807, 2.05) is 19.1 Å². The Kier molecular flexibility index (Phi) is 7.94. The van der Waals surface area contributed by atoms with Gasteiger partial charge < -0.3 is 5.73 Å². The molecule has 3 aromatic rings. The molecule has 1 aliphatic carbocycles. The summed E-state index contributed by atoms with van der Waals surface area (Å²) in [6, 6.07) is 19.2. The average molecular weight is 585 g/mol. The number of Topliss-reactive ketones (excluding diaryl/α,β-unsaturated/α-hetero) is 1. The first-order valence-corrected chi connectivity index (χ1v) is 14.7. The van der Waals surface area contributed by atoms with E-state index < -0.39 is 10.8 Å². The molecule has 0 spiro atoms. The summed E-state index contributed by atoms with van der Waals surface area (Å²) in [6.07, 6.45) is 1.54. The van der Waals surface area contributed by atoms with Gasteiger partial charge in [0.2, 0.25) is 0 Å². The third-order valence-corrected chi connectivity index (χ3v) is 9.35. The number of nitriles is 1. The predicted molar refractivity (Wildman–Crippen MR) is 163 cm³/mol. The van der Waals surface area contributed by atoms with Crippen LogP contribution in [0.25, 0.3) is 0 Å². The number of thioether (sulfide) groups is 1. The number of carbonyl (C=O) groups is 1. The quantitative estimate of drug-likeness (QED) is 0.179. The van der Waals surface area contributed by atoms with Crippen molar-refractivity contribution in [2.45, 2.75) is 56.6 Å². The van der Waals surface area contributed by atoms with Crippen molar-refractivity contribution in [1.29, 1.82) is 5.26 Å². The lowest BCUT2D eigenvalue weighted by Crippen LogP contribution is -2.39. The minimum absolute atomic E-state index is 0.00278. The molecule has 0 fully saturated rings. The van der Waals surface area contributed by atoms with Crippen LogP contribution in [0.15, 0.2) is 82.2 Å². The molecule has 1 unspecified atom stereocenters. The SMILES string of the molecule is Cc1cc(C)c(C2C(C#N)=C(N)N(c3ccc(Cl)c([N+](=O)[O-])c3)C3=C2C(=O)CCC3)cc1CSc1ccccc1C. The van der Waals surface area contributed by atoms with E-state index in [1.165, 1.54) is 22.6 Å². The number of anilines is 1. The summed E-state index contributed by atoms with van der Waals surface area (Å²) in [4.78, 5) is 27.5. The number of benzene rings is 3. The molecule has 1 heterocycles. The van der Waals surface area contributed by atoms with E-state index in [0.717, 1.165) is 28.0 Å². The highest BCUT2D eigenvalue weighted by Crippen LogP contribution is 2.48. The van der Waals surface area contributed by atoms with E-state index in [2.05, 4.69) is 44.2 Å². The minimum Gasteiger partial charge on any atom is -0.384 e. The van der Waals surface area contributed by atoms with Gasteiger partial charge in [-0.3, -0.25) is 19.8 Å². The summed E-state index contributed by atoms with van der Waals surface area (Å²) in [7, 11) is 0. The first-order chi connectivity index (χ1) is 19.6. The second kappa shape index (κ2) is 11.4. The monoisotopic (exact) mass is 584 g/mol. The second-order valence-electron chi connectivity index (χ2n) is 10.4. The van der Waals surface area contributed by atoms with Crippen LogP contribution in [0.1, 0.15) is 53.0 Å². The van der Waals surface area contributed by atoms with Gasteiger partial charge >= 0.3 is 0 Å². The Hall–Kier alpha value is -4.06. The number of carbonyl (C=O) groups excluding carboxylic acids is 1. The molecular formula is C32H29ClN4O3S. The number of nitrogens with two attached hydrogens (primary N) is 1. The molecule has 0 saturated carbocycles. The highest BCUT2D eigenvalue weighted by molar-refractivity contribution is 7.98. The maximum absolute atomic E-state index is 13.6. The molecule has 0 saturated heterocycles. The van der Waals surface area contributed by atoms with Gasteiger partial charge in [-0.25, -0.2) is 0 Å². The summed E-state index contributed by atoms with van der Waals surface area (Å²) in [5.41, 5.74) is 13.6. The smallest absolute Gasteiger partial charge is 0.289 e. The van der Waals surface area contributed by atoms with Gasteiger partial charge in [0.05, 0.1) is 28.2 Å². The van der Waals surface area contributed by atoms with Crippen LogP contribution < -0.4 is 10.6 Å². The van der Waals surface area contributed by atoms with E-state index in [4.69, 9.17) is 17.3 Å². The second-order valence-corrected chi connectivity index (χ2v) is 11.8. The highest BCUT2D eigenvalue weighted by Gasteiger charge is 2.41. The van der Waals surface area contributed by atoms with E-state index in [9.17, 15) is 20.2 Å². The molecule has 0 aromatic heterocycles. The van der Waals surface area contributed by atoms with Crippen molar-refractivity contribution in [2.24, 2.45) is 5.73 Å². The molecular weight excluding hydrogens is 556 g/mol. The predicted octanol–water partition coefficient (Wildman–Crippen LogP) is 7.77. The fourth-order valence-electron chi connectivity index (χ4n) is 5.73. The van der Waals surface area contributed by atoms with Gasteiger partial charge in [0.1, 0.15) is 10.8 Å². The summed E-state index contributed by atoms with van der Waals surface area (Å²) in [6.45, 7) is 6.16. The van der Waals surface area contributed by atoms with Gasteiger partial charge in [-0.05, 0) is 79.6 Å². The first-order valence-electron chi connectivity index (χ1n) is 13.3. The molecule has 0 radical (unpaired) electrons. The van der Waals surface area contributed by atoms with Crippen LogP contribution >= 0.6 is 23.4 Å². The molecule has 1 aliphatic heterocycles. The number of hydrogen-bond acceptors (Lipinski definition) is 7. The Labute approximate surface area is 248 Å². The van der Waals surface area contributed by atoms with Crippen molar-refractivity contribution >= 4 is 40.5 Å². The first kappa shape index (κ1) is 28.5. The van der Waals surface area contributed by atoms with Gasteiger partial charge in [-0.15, -0.1) is 11.8 Å². The number of nitro benzene ring substituents is 1. The number of nitrogens with zero attached hydrogens (tertiary/aromatic N) is 3. The van der Waals surface area contributed by atoms with Crippen LogP contribution in [-0.4, -0.2) is 10.7 Å². The van der Waals surface area contributed by atoms with Crippen molar-refractivity contribution in [3.63, 3.8) is 0 Å². The molecule has 41 heavy (non-hydrogen) atoms. The number of halogens is 1. The van der Waals surface area contributed by atoms with Crippen LogP contribution in [0.4, 0.5) is 11.4 Å². The molecule has 5 rings (SSSR count). The van der Waals surface area contributed by atoms with Crippen LogP contribution in [0.5, 0.6) is 0 Å². The van der Waals surface area contributed by atoms with E-state index in [-0.39, 0.29) is 27.9 Å². The Morgan fingerprint density at radius 1 is 1.10 bits per heavy atom. The number of nitro groups is 1. The lowest BCUT2D eigenvalue weighted by atomic mass is 9.74. The molecule has 3 aromatic carbocycles. The third kappa shape index (κ3) is 5.23. The molecule has 9 heteroatoms. The Bertz CT molecular complexity index is 1710. The molecule has 7 nitrogen and oxygen atoms in total. The Morgan fingerprint density at radius 3 is 2.56 bits per heavy atom. The molecule has 208 valence electrons. The van der Waals surface area contributed by atoms with Crippen LogP contribution in [0.3, 0.4) is 0 Å². The summed E-state index contributed by atoms with van der Waals surface area (Å²) in [5, 5.41) is 22.1. The summed E-state index contributed by atoms with van der Waals surface area (Å²) >= 11 is 7.83. The van der Waals surface area contributed by atoms with E-state index >= 15 is 0 Å². The molecule has 2 N–H and O–H groups in total. The maximum atomic E-state index is 13.6. The van der Waals surface area contributed by atoms with Crippen molar-refractivity contribution in [1.82, 2.24) is 0 Å². The van der Waals surface area contributed by atoms with Gasteiger partial charge in [-0.2, -0.15) is 5.26 Å². The van der Waals surface area contributed by atoms with Crippen molar-refractivity contribution in [2.75, 3.05) is 4.90 Å². The Morgan fingerprint density at radius 2 is 1.85 bits per heavy atom. The molecule has 1 atom stereocenters. The standard InChI is InChI=1S/C32H29ClN4O3S/c1-18-7-4-5-10-29(18)41-17-21-14-23(20(3)13-19(21)2)30-24(16-34)32(35)36(26-8-6-9-28(38)31(26)30)22-11-12-25(33)27(15-22)37(39)40/h4-5,7,10-15,30H,6,8-9,17,35H2,1-3H3. The van der Waals surface area contributed by atoms with Crippen molar-refractivity contribution in [3.8, 4) is 6.07 Å². The molecule has 2 aliphatic rings. The highest BCUT2D eigenvalue weighted by atomic mass is 35.5. The zero-order valence-corrected chi connectivity index (χ0v) is 24.6. The lowest BCUT2D eigenvalue weighted by molar-refractivity contribution is -0.384. The number of ketones is 1. The van der Waals surface area contributed by atoms with Gasteiger partial charge in [-0.1, -0.05) is 41.9 Å². The summed E-state index contributed by atoms with van der Waals surface area (Å²) in [5.74, 6) is 0.237. The zero-order valence-electron chi connectivity index (χ0n) is 23.0. The van der Waals surface area contributed by atoms with Crippen molar-refractivity contribution in [3.05, 3.63) is 120 Å². The zero-order chi connectivity index (χ0) is 29.4. The molecule has 0 bridgehead atoms. The lowest BCUT2D eigenvalue weighted by Gasteiger charge is -2.40. The topological polar surface area (TPSA) is 113 Å². The largest absolute Gasteiger partial charge is 0.384 e. The maximum Gasteiger partial charge on any atom is 0.289 e. The number of rotatable bonds is 6. The van der Waals surface area contributed by atoms with Gasteiger partial charge in [0.15, 0.2) is 5.78 Å². The van der Waals surface area contributed by atoms with Crippen LogP contribution in [0, 0.1) is 42.2 Å². The van der Waals surface area contributed by atoms with E-state index in [0.29, 0.717) is 36.2 Å². The number of hydrogen-bond donors (Lipinski definition) is 1. The van der Waals surface area contributed by atoms with Crippen LogP contribution in [-0.2, 0) is 10.5 Å². The summed E-state index contributed by atoms with van der Waals surface area (Å²) < 4.78 is 0. The number of aryl methyl sites for hydroxylation is 3. The van der Waals surface area contributed by atoms with Gasteiger partial charge in [0.25, 0.3) is 5.69 Å². The third-order valence-electron chi connectivity index (χ3n) is 7.81. The fraction of sp³-hybridized carbons (Fsp3) is 0.250. The van der Waals surface area contributed by atoms with Gasteiger partial charge in [0, 0.05) is 34.4 Å². The minimum atomic E-state index is -0.621. The normalized spacial score (nSPS) is 17.0.